The zero-order chi connectivity index (χ0) is 16.5. The maximum atomic E-state index is 12.0. The van der Waals surface area contributed by atoms with Gasteiger partial charge in [-0.1, -0.05) is 6.07 Å². The molecule has 128 valence electrons. The van der Waals surface area contributed by atoms with Crippen molar-refractivity contribution in [3.05, 3.63) is 29.5 Å². The Morgan fingerprint density at radius 1 is 1.42 bits per heavy atom. The topological polar surface area (TPSA) is 70.2 Å². The van der Waals surface area contributed by atoms with E-state index in [2.05, 4.69) is 20.4 Å². The number of piperidine rings is 3. The molecule has 0 spiro atoms. The molecule has 24 heavy (non-hydrogen) atoms. The van der Waals surface area contributed by atoms with Crippen LogP contribution in [0, 0.1) is 11.8 Å². The summed E-state index contributed by atoms with van der Waals surface area (Å²) in [5.74, 6) is 1.29. The molecule has 1 aromatic heterocycles. The quantitative estimate of drug-likeness (QED) is 0.819. The lowest BCUT2D eigenvalue weighted by Crippen LogP contribution is -2.50. The summed E-state index contributed by atoms with van der Waals surface area (Å²) in [5.41, 5.74) is 2.33. The molecule has 6 nitrogen and oxygen atoms in total. The van der Waals surface area contributed by atoms with Crippen LogP contribution >= 0.6 is 0 Å². The number of methoxy groups -OCH3 is 1. The van der Waals surface area contributed by atoms with E-state index >= 15 is 0 Å². The highest BCUT2D eigenvalue weighted by Gasteiger charge is 2.33. The highest BCUT2D eigenvalue weighted by Crippen LogP contribution is 2.31. The van der Waals surface area contributed by atoms with Gasteiger partial charge in [-0.05, 0) is 56.4 Å². The van der Waals surface area contributed by atoms with Gasteiger partial charge in [0, 0.05) is 18.5 Å². The van der Waals surface area contributed by atoms with Gasteiger partial charge >= 0.3 is 5.97 Å². The number of aromatic amines is 1. The number of nitrogens with zero attached hydrogens (tertiary/aromatic N) is 2. The van der Waals surface area contributed by atoms with Crippen LogP contribution in [0.1, 0.15) is 28.9 Å². The standard InChI is InChI=1S/C18H24N4O2/c1-24-18(23)14-3-2-4-15-17(14)16(21-20-15)10-19-9-13-11-22-7-5-12(13)6-8-22/h2-4,12-13,19H,5-11H2,1H3,(H,20,21). The van der Waals surface area contributed by atoms with Gasteiger partial charge in [0.15, 0.2) is 0 Å². The van der Waals surface area contributed by atoms with Crippen molar-refractivity contribution in [2.75, 3.05) is 33.3 Å². The van der Waals surface area contributed by atoms with Crippen molar-refractivity contribution in [1.82, 2.24) is 20.4 Å². The monoisotopic (exact) mass is 328 g/mol. The minimum atomic E-state index is -0.319. The van der Waals surface area contributed by atoms with Gasteiger partial charge < -0.3 is 15.0 Å². The molecule has 2 aromatic rings. The largest absolute Gasteiger partial charge is 0.465 e. The number of H-pyrrole nitrogens is 1. The highest BCUT2D eigenvalue weighted by atomic mass is 16.5. The van der Waals surface area contributed by atoms with Crippen molar-refractivity contribution in [2.45, 2.75) is 19.4 Å². The summed E-state index contributed by atoms with van der Waals surface area (Å²) < 4.78 is 4.90. The fourth-order valence-electron chi connectivity index (χ4n) is 4.24. The molecule has 3 aliphatic heterocycles. The number of rotatable bonds is 5. The molecule has 6 heteroatoms. The molecule has 3 saturated heterocycles. The molecule has 0 radical (unpaired) electrons. The lowest BCUT2D eigenvalue weighted by molar-refractivity contribution is 0.0509. The van der Waals surface area contributed by atoms with Crippen LogP contribution in [0.2, 0.25) is 0 Å². The van der Waals surface area contributed by atoms with E-state index in [1.54, 1.807) is 6.07 Å². The van der Waals surface area contributed by atoms with Gasteiger partial charge in [-0.25, -0.2) is 4.79 Å². The summed E-state index contributed by atoms with van der Waals surface area (Å²) in [5, 5.41) is 11.8. The number of fused-ring (bicyclic) bond motifs is 4. The third-order valence-electron chi connectivity index (χ3n) is 5.56. The molecule has 0 saturated carbocycles. The van der Waals surface area contributed by atoms with Crippen LogP contribution in [0.3, 0.4) is 0 Å². The first kappa shape index (κ1) is 15.6. The molecule has 3 fully saturated rings. The normalized spacial score (nSPS) is 26.0. The number of carbonyl (C=O) groups excluding carboxylic acids is 1. The van der Waals surface area contributed by atoms with E-state index in [9.17, 15) is 4.79 Å². The minimum absolute atomic E-state index is 0.319. The van der Waals surface area contributed by atoms with E-state index in [0.29, 0.717) is 12.1 Å². The number of ether oxygens (including phenoxy) is 1. The van der Waals surface area contributed by atoms with E-state index < -0.39 is 0 Å². The van der Waals surface area contributed by atoms with Gasteiger partial charge in [0.2, 0.25) is 0 Å². The number of esters is 1. The van der Waals surface area contributed by atoms with E-state index in [4.69, 9.17) is 4.74 Å². The van der Waals surface area contributed by atoms with Crippen LogP contribution in [-0.4, -0.2) is 54.4 Å². The van der Waals surface area contributed by atoms with Crippen molar-refractivity contribution in [1.29, 1.82) is 0 Å². The Kier molecular flexibility index (Phi) is 4.24. The summed E-state index contributed by atoms with van der Waals surface area (Å²) in [6.45, 7) is 5.47. The highest BCUT2D eigenvalue weighted by molar-refractivity contribution is 6.04. The Bertz CT molecular complexity index is 734. The molecule has 2 N–H and O–H groups in total. The van der Waals surface area contributed by atoms with Crippen LogP contribution in [0.4, 0.5) is 0 Å². The third kappa shape index (κ3) is 2.80. The third-order valence-corrected chi connectivity index (χ3v) is 5.56. The van der Waals surface area contributed by atoms with Crippen LogP contribution in [0.25, 0.3) is 10.9 Å². The average Bonchev–Trinajstić information content (AvgIpc) is 3.05. The molecule has 1 unspecified atom stereocenters. The SMILES string of the molecule is COC(=O)c1cccc2n[nH]c(CNCC3CN4CCC3CC4)c12. The van der Waals surface area contributed by atoms with Gasteiger partial charge in [-0.3, -0.25) is 5.10 Å². The lowest BCUT2D eigenvalue weighted by atomic mass is 9.79. The van der Waals surface area contributed by atoms with Crippen molar-refractivity contribution in [3.63, 3.8) is 0 Å². The summed E-state index contributed by atoms with van der Waals surface area (Å²) in [6, 6.07) is 5.54. The maximum absolute atomic E-state index is 12.0. The zero-order valence-corrected chi connectivity index (χ0v) is 14.0. The van der Waals surface area contributed by atoms with Crippen LogP contribution < -0.4 is 5.32 Å². The van der Waals surface area contributed by atoms with Gasteiger partial charge in [-0.15, -0.1) is 0 Å². The average molecular weight is 328 g/mol. The Labute approximate surface area is 141 Å². The first-order chi connectivity index (χ1) is 11.8. The second kappa shape index (κ2) is 6.53. The second-order valence-corrected chi connectivity index (χ2v) is 6.92. The van der Waals surface area contributed by atoms with Gasteiger partial charge in [0.25, 0.3) is 0 Å². The molecule has 0 aliphatic carbocycles. The first-order valence-electron chi connectivity index (χ1n) is 8.73. The molecule has 1 aromatic carbocycles. The van der Waals surface area contributed by atoms with E-state index in [1.165, 1.54) is 39.6 Å². The number of benzene rings is 1. The maximum Gasteiger partial charge on any atom is 0.338 e. The predicted molar refractivity (Wildman–Crippen MR) is 91.8 cm³/mol. The molecule has 5 rings (SSSR count). The van der Waals surface area contributed by atoms with Gasteiger partial charge in [0.1, 0.15) is 0 Å². The first-order valence-corrected chi connectivity index (χ1v) is 8.73. The number of hydrogen-bond donors (Lipinski definition) is 2. The van der Waals surface area contributed by atoms with Crippen molar-refractivity contribution in [3.8, 4) is 0 Å². The summed E-state index contributed by atoms with van der Waals surface area (Å²) in [4.78, 5) is 14.6. The zero-order valence-electron chi connectivity index (χ0n) is 14.0. The van der Waals surface area contributed by atoms with E-state index in [-0.39, 0.29) is 5.97 Å². The minimum Gasteiger partial charge on any atom is -0.465 e. The molecular weight excluding hydrogens is 304 g/mol. The molecule has 4 heterocycles. The Balaban J connectivity index is 1.46. The predicted octanol–water partition coefficient (Wildman–Crippen LogP) is 1.78. The summed E-state index contributed by atoms with van der Waals surface area (Å²) in [7, 11) is 1.41. The second-order valence-electron chi connectivity index (χ2n) is 6.92. The number of carbonyl (C=O) groups is 1. The number of nitrogens with one attached hydrogen (secondary N) is 2. The lowest BCUT2D eigenvalue weighted by Gasteiger charge is -2.45. The summed E-state index contributed by atoms with van der Waals surface area (Å²) >= 11 is 0. The fraction of sp³-hybridized carbons (Fsp3) is 0.556. The van der Waals surface area contributed by atoms with E-state index in [1.807, 2.05) is 12.1 Å². The van der Waals surface area contributed by atoms with Crippen molar-refractivity contribution in [2.24, 2.45) is 11.8 Å². The molecule has 1 atom stereocenters. The molecular formula is C18H24N4O2. The Hall–Kier alpha value is -1.92. The van der Waals surface area contributed by atoms with Gasteiger partial charge in [0.05, 0.1) is 23.9 Å². The number of hydrogen-bond acceptors (Lipinski definition) is 5. The molecule has 0 amide bonds. The van der Waals surface area contributed by atoms with Crippen LogP contribution in [-0.2, 0) is 11.3 Å². The van der Waals surface area contributed by atoms with Gasteiger partial charge in [-0.2, -0.15) is 5.10 Å². The van der Waals surface area contributed by atoms with Crippen LogP contribution in [0.5, 0.6) is 0 Å². The Morgan fingerprint density at radius 3 is 2.96 bits per heavy atom. The fourth-order valence-corrected chi connectivity index (χ4v) is 4.24. The van der Waals surface area contributed by atoms with E-state index in [0.717, 1.165) is 35.0 Å². The van der Waals surface area contributed by atoms with Crippen molar-refractivity contribution >= 4 is 16.9 Å². The van der Waals surface area contributed by atoms with Crippen LogP contribution in [0.15, 0.2) is 18.2 Å². The number of aromatic nitrogens is 2. The Morgan fingerprint density at radius 2 is 2.25 bits per heavy atom. The smallest absolute Gasteiger partial charge is 0.338 e. The summed E-state index contributed by atoms with van der Waals surface area (Å²) in [6.07, 6.45) is 2.68. The molecule has 2 bridgehead atoms. The molecule has 3 aliphatic rings. The van der Waals surface area contributed by atoms with Crippen molar-refractivity contribution < 1.29 is 9.53 Å².